The van der Waals surface area contributed by atoms with Crippen molar-refractivity contribution in [1.29, 1.82) is 0 Å². The van der Waals surface area contributed by atoms with Gasteiger partial charge in [0.25, 0.3) is 0 Å². The van der Waals surface area contributed by atoms with E-state index >= 15 is 0 Å². The second-order valence-electron chi connectivity index (χ2n) is 17.6. The Labute approximate surface area is 390 Å². The summed E-state index contributed by atoms with van der Waals surface area (Å²) in [5.41, 5.74) is 0. The smallest absolute Gasteiger partial charge is 0.220 e. The van der Waals surface area contributed by atoms with Gasteiger partial charge in [0.2, 0.25) is 5.91 Å². The van der Waals surface area contributed by atoms with Gasteiger partial charge >= 0.3 is 0 Å². The fraction of sp³-hybridized carbons (Fsp3) is 0.784. The fourth-order valence-corrected chi connectivity index (χ4v) is 7.87. The zero-order valence-corrected chi connectivity index (χ0v) is 39.7. The quantitative estimate of drug-likeness (QED) is 0.0248. The summed E-state index contributed by atoms with van der Waals surface area (Å²) in [5, 5.41) is 86.7. The minimum Gasteiger partial charge on any atom is -0.394 e. The number of rotatable bonds is 37. The molecule has 0 saturated carbocycles. The van der Waals surface area contributed by atoms with Gasteiger partial charge in [0.15, 0.2) is 12.6 Å². The predicted molar refractivity (Wildman–Crippen MR) is 254 cm³/mol. The van der Waals surface area contributed by atoms with E-state index in [-0.39, 0.29) is 18.9 Å². The molecule has 2 aliphatic rings. The molecule has 0 bridgehead atoms. The fourth-order valence-electron chi connectivity index (χ4n) is 7.87. The summed E-state index contributed by atoms with van der Waals surface area (Å²) in [6.07, 6.45) is 28.2. The van der Waals surface area contributed by atoms with E-state index in [4.69, 9.17) is 18.9 Å². The molecule has 12 atom stereocenters. The van der Waals surface area contributed by atoms with E-state index in [0.29, 0.717) is 6.42 Å². The van der Waals surface area contributed by atoms with Gasteiger partial charge in [-0.05, 0) is 57.8 Å². The van der Waals surface area contributed by atoms with Crippen LogP contribution < -0.4 is 5.32 Å². The number of carbonyl (C=O) groups is 1. The normalized spacial score (nSPS) is 27.5. The molecule has 0 aromatic heterocycles. The molecule has 0 aliphatic carbocycles. The molecule has 1 amide bonds. The Balaban J connectivity index is 1.88. The van der Waals surface area contributed by atoms with Crippen molar-refractivity contribution in [3.63, 3.8) is 0 Å². The molecule has 9 N–H and O–H groups in total. The molecule has 0 radical (unpaired) electrons. The predicted octanol–water partition coefficient (Wildman–Crippen LogP) is 6.27. The molecular formula is C51H89NO13. The summed E-state index contributed by atoms with van der Waals surface area (Å²) in [7, 11) is 0. The molecule has 2 rings (SSSR count). The van der Waals surface area contributed by atoms with E-state index < -0.39 is 86.8 Å². The van der Waals surface area contributed by atoms with Gasteiger partial charge in [-0.3, -0.25) is 4.79 Å². The number of amides is 1. The molecule has 0 spiro atoms. The zero-order chi connectivity index (χ0) is 47.5. The first kappa shape index (κ1) is 58.8. The van der Waals surface area contributed by atoms with E-state index in [1.54, 1.807) is 6.08 Å². The van der Waals surface area contributed by atoms with Crippen LogP contribution in [-0.4, -0.2) is 140 Å². The van der Waals surface area contributed by atoms with Gasteiger partial charge in [-0.1, -0.05) is 158 Å². The molecule has 2 aliphatic heterocycles. The van der Waals surface area contributed by atoms with E-state index in [0.717, 1.165) is 70.6 Å². The molecule has 12 unspecified atom stereocenters. The third-order valence-electron chi connectivity index (χ3n) is 12.0. The average Bonchev–Trinajstić information content (AvgIpc) is 3.30. The number of hydrogen-bond donors (Lipinski definition) is 9. The lowest BCUT2D eigenvalue weighted by Gasteiger charge is -2.46. The number of carbonyl (C=O) groups excluding carboxylic acids is 1. The number of aliphatic hydroxyl groups excluding tert-OH is 8. The van der Waals surface area contributed by atoms with Crippen molar-refractivity contribution in [3.05, 3.63) is 60.8 Å². The van der Waals surface area contributed by atoms with Crippen molar-refractivity contribution in [2.45, 2.75) is 235 Å². The Hall–Kier alpha value is -2.31. The molecule has 2 saturated heterocycles. The van der Waals surface area contributed by atoms with Crippen LogP contribution in [-0.2, 0) is 23.7 Å². The van der Waals surface area contributed by atoms with Crippen molar-refractivity contribution < 1.29 is 64.6 Å². The molecule has 0 aromatic rings. The van der Waals surface area contributed by atoms with Crippen LogP contribution in [0.2, 0.25) is 0 Å². The highest BCUT2D eigenvalue weighted by atomic mass is 16.7. The standard InChI is InChI=1S/C51H89NO13/c1-3-5-7-9-11-13-15-17-19-20-21-23-25-27-29-31-33-35-43(56)52-39(40(55)34-32-30-28-26-24-22-18-16-14-12-10-8-6-4-2)38-62-50-48(61)46(59)49(42(37-54)64-50)65-51-47(60)45(58)44(57)41(36-53)63-51/h5,7,11,13,17,19,21,23,32,34,39-42,44-51,53-55,57-61H,3-4,6,8-10,12,14-16,18,20,22,24-31,33,35-38H2,1-2H3,(H,52,56)/b7-5-,13-11-,19-17-,23-21-,34-32+. The summed E-state index contributed by atoms with van der Waals surface area (Å²) in [4.78, 5) is 13.2. The van der Waals surface area contributed by atoms with E-state index in [9.17, 15) is 45.6 Å². The highest BCUT2D eigenvalue weighted by Gasteiger charge is 2.51. The Morgan fingerprint density at radius 1 is 0.569 bits per heavy atom. The van der Waals surface area contributed by atoms with Crippen molar-refractivity contribution in [3.8, 4) is 0 Å². The number of ether oxygens (including phenoxy) is 4. The van der Waals surface area contributed by atoms with Crippen LogP contribution in [0.1, 0.15) is 162 Å². The first-order valence-electron chi connectivity index (χ1n) is 25.0. The molecule has 2 fully saturated rings. The Kier molecular flexibility index (Phi) is 34.1. The SMILES string of the molecule is CC/C=C\C/C=C\C/C=C\C/C=C\CCCCCCC(=O)NC(COC1OC(CO)C(OC2OC(CO)C(O)C(O)C2O)C(O)C1O)C(O)/C=C/CCCCCCCCCCCCCC. The number of hydrogen-bond acceptors (Lipinski definition) is 13. The lowest BCUT2D eigenvalue weighted by Crippen LogP contribution is -2.65. The maximum absolute atomic E-state index is 13.2. The van der Waals surface area contributed by atoms with Crippen LogP contribution in [0.4, 0.5) is 0 Å². The van der Waals surface area contributed by atoms with Gasteiger partial charge in [-0.2, -0.15) is 0 Å². The second-order valence-corrected chi connectivity index (χ2v) is 17.6. The van der Waals surface area contributed by atoms with Gasteiger partial charge in [0.05, 0.1) is 32.0 Å². The topological polar surface area (TPSA) is 228 Å². The van der Waals surface area contributed by atoms with Crippen LogP contribution in [0.5, 0.6) is 0 Å². The first-order valence-corrected chi connectivity index (χ1v) is 25.0. The number of allylic oxidation sites excluding steroid dienone is 9. The van der Waals surface area contributed by atoms with Crippen LogP contribution in [0.15, 0.2) is 60.8 Å². The summed E-state index contributed by atoms with van der Waals surface area (Å²) >= 11 is 0. The van der Waals surface area contributed by atoms with Gasteiger partial charge in [0.1, 0.15) is 48.8 Å². The third kappa shape index (κ3) is 25.0. The third-order valence-corrected chi connectivity index (χ3v) is 12.0. The zero-order valence-electron chi connectivity index (χ0n) is 39.7. The number of aliphatic hydroxyl groups is 8. The van der Waals surface area contributed by atoms with Crippen molar-refractivity contribution >= 4 is 5.91 Å². The molecule has 14 heteroatoms. The highest BCUT2D eigenvalue weighted by Crippen LogP contribution is 2.30. The molecule has 0 aromatic carbocycles. The molecule has 14 nitrogen and oxygen atoms in total. The van der Waals surface area contributed by atoms with E-state index in [2.05, 4.69) is 67.8 Å². The van der Waals surface area contributed by atoms with Crippen LogP contribution >= 0.6 is 0 Å². The molecule has 376 valence electrons. The Morgan fingerprint density at radius 3 is 1.63 bits per heavy atom. The largest absolute Gasteiger partial charge is 0.394 e. The lowest BCUT2D eigenvalue weighted by molar-refractivity contribution is -0.359. The Morgan fingerprint density at radius 2 is 1.06 bits per heavy atom. The molecule has 65 heavy (non-hydrogen) atoms. The Bertz CT molecular complexity index is 1320. The van der Waals surface area contributed by atoms with E-state index in [1.165, 1.54) is 64.2 Å². The number of nitrogens with one attached hydrogen (secondary N) is 1. The molecular weight excluding hydrogens is 835 g/mol. The summed E-state index contributed by atoms with van der Waals surface area (Å²) in [6.45, 7) is 2.63. The maximum atomic E-state index is 13.2. The van der Waals surface area contributed by atoms with E-state index in [1.807, 2.05) is 6.08 Å². The van der Waals surface area contributed by atoms with Gasteiger partial charge < -0.3 is 65.1 Å². The summed E-state index contributed by atoms with van der Waals surface area (Å²) in [5.74, 6) is -0.266. The highest BCUT2D eigenvalue weighted by molar-refractivity contribution is 5.76. The van der Waals surface area contributed by atoms with Crippen LogP contribution in [0.3, 0.4) is 0 Å². The first-order chi connectivity index (χ1) is 31.6. The summed E-state index contributed by atoms with van der Waals surface area (Å²) in [6, 6.07) is -0.928. The lowest BCUT2D eigenvalue weighted by atomic mass is 9.97. The summed E-state index contributed by atoms with van der Waals surface area (Å²) < 4.78 is 22.7. The average molecular weight is 924 g/mol. The minimum atomic E-state index is -1.79. The van der Waals surface area contributed by atoms with Gasteiger partial charge in [-0.15, -0.1) is 0 Å². The maximum Gasteiger partial charge on any atom is 0.220 e. The minimum absolute atomic E-state index is 0.251. The van der Waals surface area contributed by atoms with Crippen molar-refractivity contribution in [2.24, 2.45) is 0 Å². The second kappa shape index (κ2) is 37.6. The van der Waals surface area contributed by atoms with Crippen molar-refractivity contribution in [1.82, 2.24) is 5.32 Å². The van der Waals surface area contributed by atoms with Gasteiger partial charge in [-0.25, -0.2) is 0 Å². The van der Waals surface area contributed by atoms with Crippen LogP contribution in [0.25, 0.3) is 0 Å². The van der Waals surface area contributed by atoms with Gasteiger partial charge in [0, 0.05) is 6.42 Å². The number of unbranched alkanes of at least 4 members (excludes halogenated alkanes) is 16. The van der Waals surface area contributed by atoms with Crippen molar-refractivity contribution in [2.75, 3.05) is 19.8 Å². The molecule has 2 heterocycles. The monoisotopic (exact) mass is 924 g/mol. The van der Waals surface area contributed by atoms with Crippen LogP contribution in [0, 0.1) is 0 Å².